The van der Waals surface area contributed by atoms with Crippen LogP contribution in [0.15, 0.2) is 28.0 Å². The van der Waals surface area contributed by atoms with E-state index in [1.165, 1.54) is 11.8 Å². The van der Waals surface area contributed by atoms with E-state index < -0.39 is 0 Å². The number of aromatic nitrogens is 3. The first kappa shape index (κ1) is 18.0. The highest BCUT2D eigenvalue weighted by Gasteiger charge is 2.21. The predicted molar refractivity (Wildman–Crippen MR) is 94.3 cm³/mol. The van der Waals surface area contributed by atoms with Gasteiger partial charge in [0.05, 0.1) is 31.2 Å². The van der Waals surface area contributed by atoms with Crippen molar-refractivity contribution in [3.8, 4) is 0 Å². The average Bonchev–Trinajstić information content (AvgIpc) is 3.35. The SMILES string of the molecule is CCCc1nnc(SCC(=O)NCc2ccco2)n1CC1CCCO1. The molecule has 0 aromatic carbocycles. The topological polar surface area (TPSA) is 82.2 Å². The smallest absolute Gasteiger partial charge is 0.230 e. The molecule has 7 nitrogen and oxygen atoms in total. The van der Waals surface area contributed by atoms with Gasteiger partial charge in [0, 0.05) is 13.0 Å². The molecule has 25 heavy (non-hydrogen) atoms. The first-order chi connectivity index (χ1) is 12.3. The summed E-state index contributed by atoms with van der Waals surface area (Å²) in [6.45, 7) is 4.11. The minimum atomic E-state index is -0.0508. The zero-order valence-electron chi connectivity index (χ0n) is 14.4. The Morgan fingerprint density at radius 1 is 1.48 bits per heavy atom. The summed E-state index contributed by atoms with van der Waals surface area (Å²) in [6, 6.07) is 3.64. The van der Waals surface area contributed by atoms with Crippen LogP contribution in [0.2, 0.25) is 0 Å². The summed E-state index contributed by atoms with van der Waals surface area (Å²) >= 11 is 1.41. The molecule has 1 atom stereocenters. The lowest BCUT2D eigenvalue weighted by Gasteiger charge is -2.14. The van der Waals surface area contributed by atoms with Crippen LogP contribution in [0.1, 0.15) is 37.8 Å². The Balaban J connectivity index is 1.55. The van der Waals surface area contributed by atoms with Gasteiger partial charge in [0.2, 0.25) is 5.91 Å². The van der Waals surface area contributed by atoms with Crippen LogP contribution in [-0.4, -0.2) is 39.1 Å². The van der Waals surface area contributed by atoms with Crippen molar-refractivity contribution in [2.45, 2.75) is 57.0 Å². The van der Waals surface area contributed by atoms with Crippen LogP contribution in [-0.2, 0) is 29.0 Å². The van der Waals surface area contributed by atoms with E-state index in [2.05, 4.69) is 27.0 Å². The number of hydrogen-bond acceptors (Lipinski definition) is 6. The molecule has 1 saturated heterocycles. The molecule has 1 fully saturated rings. The molecular weight excluding hydrogens is 340 g/mol. The zero-order chi connectivity index (χ0) is 17.5. The van der Waals surface area contributed by atoms with E-state index in [4.69, 9.17) is 9.15 Å². The normalized spacial score (nSPS) is 17.1. The highest BCUT2D eigenvalue weighted by Crippen LogP contribution is 2.21. The number of carbonyl (C=O) groups excluding carboxylic acids is 1. The van der Waals surface area contributed by atoms with E-state index in [1.54, 1.807) is 12.3 Å². The number of aryl methyl sites for hydroxylation is 1. The van der Waals surface area contributed by atoms with E-state index in [1.807, 2.05) is 6.07 Å². The number of furan rings is 1. The van der Waals surface area contributed by atoms with Gasteiger partial charge < -0.3 is 19.0 Å². The number of thioether (sulfide) groups is 1. The van der Waals surface area contributed by atoms with Crippen LogP contribution in [0.3, 0.4) is 0 Å². The maximum Gasteiger partial charge on any atom is 0.230 e. The van der Waals surface area contributed by atoms with Crippen molar-refractivity contribution in [2.75, 3.05) is 12.4 Å². The number of carbonyl (C=O) groups is 1. The van der Waals surface area contributed by atoms with Crippen LogP contribution in [0.25, 0.3) is 0 Å². The summed E-state index contributed by atoms with van der Waals surface area (Å²) in [6.07, 6.45) is 5.88. The fraction of sp³-hybridized carbons (Fsp3) is 0.588. The quantitative estimate of drug-likeness (QED) is 0.688. The van der Waals surface area contributed by atoms with Crippen molar-refractivity contribution in [3.63, 3.8) is 0 Å². The van der Waals surface area contributed by atoms with Crippen molar-refractivity contribution in [3.05, 3.63) is 30.0 Å². The molecule has 1 aliphatic heterocycles. The third-order valence-electron chi connectivity index (χ3n) is 4.05. The molecule has 0 bridgehead atoms. The second kappa shape index (κ2) is 9.05. The minimum absolute atomic E-state index is 0.0508. The van der Waals surface area contributed by atoms with Gasteiger partial charge in [-0.15, -0.1) is 10.2 Å². The maximum atomic E-state index is 12.0. The molecule has 0 saturated carbocycles. The molecule has 0 radical (unpaired) electrons. The molecule has 1 unspecified atom stereocenters. The van der Waals surface area contributed by atoms with Crippen LogP contribution < -0.4 is 5.32 Å². The fourth-order valence-electron chi connectivity index (χ4n) is 2.79. The number of ether oxygens (including phenoxy) is 1. The summed E-state index contributed by atoms with van der Waals surface area (Å²) in [7, 11) is 0. The Morgan fingerprint density at radius 3 is 3.12 bits per heavy atom. The summed E-state index contributed by atoms with van der Waals surface area (Å²) in [5, 5.41) is 12.2. The van der Waals surface area contributed by atoms with Crippen molar-refractivity contribution >= 4 is 17.7 Å². The van der Waals surface area contributed by atoms with Crippen molar-refractivity contribution < 1.29 is 13.9 Å². The Kier molecular flexibility index (Phi) is 6.52. The van der Waals surface area contributed by atoms with Gasteiger partial charge in [0.1, 0.15) is 11.6 Å². The van der Waals surface area contributed by atoms with Gasteiger partial charge in [-0.3, -0.25) is 4.79 Å². The van der Waals surface area contributed by atoms with Crippen LogP contribution >= 0.6 is 11.8 Å². The molecule has 2 aromatic heterocycles. The van der Waals surface area contributed by atoms with E-state index in [0.717, 1.165) is 55.6 Å². The van der Waals surface area contributed by atoms with E-state index >= 15 is 0 Å². The zero-order valence-corrected chi connectivity index (χ0v) is 15.3. The molecule has 0 aliphatic carbocycles. The van der Waals surface area contributed by atoms with Crippen molar-refractivity contribution in [1.82, 2.24) is 20.1 Å². The molecule has 8 heteroatoms. The van der Waals surface area contributed by atoms with E-state index in [-0.39, 0.29) is 12.0 Å². The second-order valence-corrected chi connectivity index (χ2v) is 6.98. The molecule has 1 N–H and O–H groups in total. The fourth-order valence-corrected chi connectivity index (χ4v) is 3.59. The Bertz CT molecular complexity index is 665. The molecule has 1 aliphatic rings. The first-order valence-electron chi connectivity index (χ1n) is 8.71. The van der Waals surface area contributed by atoms with Gasteiger partial charge in [-0.1, -0.05) is 18.7 Å². The number of hydrogen-bond donors (Lipinski definition) is 1. The second-order valence-electron chi connectivity index (χ2n) is 6.04. The summed E-state index contributed by atoms with van der Waals surface area (Å²) in [5.41, 5.74) is 0. The van der Waals surface area contributed by atoms with Gasteiger partial charge in [-0.2, -0.15) is 0 Å². The summed E-state index contributed by atoms with van der Waals surface area (Å²) in [4.78, 5) is 12.0. The lowest BCUT2D eigenvalue weighted by atomic mass is 10.2. The Morgan fingerprint density at radius 2 is 2.40 bits per heavy atom. The highest BCUT2D eigenvalue weighted by molar-refractivity contribution is 7.99. The van der Waals surface area contributed by atoms with Crippen LogP contribution in [0.4, 0.5) is 0 Å². The van der Waals surface area contributed by atoms with E-state index in [9.17, 15) is 4.79 Å². The van der Waals surface area contributed by atoms with Crippen LogP contribution in [0.5, 0.6) is 0 Å². The molecule has 3 heterocycles. The van der Waals surface area contributed by atoms with Gasteiger partial charge in [0.25, 0.3) is 0 Å². The summed E-state index contributed by atoms with van der Waals surface area (Å²) < 4.78 is 13.1. The molecule has 0 spiro atoms. The third-order valence-corrected chi connectivity index (χ3v) is 5.02. The number of nitrogens with zero attached hydrogens (tertiary/aromatic N) is 3. The van der Waals surface area contributed by atoms with Gasteiger partial charge >= 0.3 is 0 Å². The predicted octanol–water partition coefficient (Wildman–Crippen LogP) is 2.41. The molecule has 3 rings (SSSR count). The highest BCUT2D eigenvalue weighted by atomic mass is 32.2. The monoisotopic (exact) mass is 364 g/mol. The molecule has 1 amide bonds. The van der Waals surface area contributed by atoms with Gasteiger partial charge in [-0.25, -0.2) is 0 Å². The van der Waals surface area contributed by atoms with Gasteiger partial charge in [0.15, 0.2) is 5.16 Å². The molecule has 136 valence electrons. The van der Waals surface area contributed by atoms with Crippen molar-refractivity contribution in [1.29, 1.82) is 0 Å². The number of rotatable bonds is 9. The largest absolute Gasteiger partial charge is 0.467 e. The minimum Gasteiger partial charge on any atom is -0.467 e. The number of nitrogens with one attached hydrogen (secondary N) is 1. The lowest BCUT2D eigenvalue weighted by Crippen LogP contribution is -2.24. The molecule has 2 aromatic rings. The van der Waals surface area contributed by atoms with Crippen LogP contribution in [0, 0.1) is 0 Å². The lowest BCUT2D eigenvalue weighted by molar-refractivity contribution is -0.118. The summed E-state index contributed by atoms with van der Waals surface area (Å²) in [5.74, 6) is 1.96. The number of amides is 1. The van der Waals surface area contributed by atoms with Crippen molar-refractivity contribution in [2.24, 2.45) is 0 Å². The molecular formula is C17H24N4O3S. The third kappa shape index (κ3) is 5.09. The standard InChI is InChI=1S/C17H24N4O3S/c1-2-5-15-19-20-17(21(15)11-14-7-4-9-24-14)25-12-16(22)18-10-13-6-3-8-23-13/h3,6,8,14H,2,4-5,7,9-12H2,1H3,(H,18,22). The Labute approximate surface area is 151 Å². The first-order valence-corrected chi connectivity index (χ1v) is 9.70. The Hall–Kier alpha value is -1.80. The maximum absolute atomic E-state index is 12.0. The van der Waals surface area contributed by atoms with Gasteiger partial charge in [-0.05, 0) is 31.4 Å². The van der Waals surface area contributed by atoms with E-state index in [0.29, 0.717) is 12.3 Å². The average molecular weight is 364 g/mol.